The number of aliphatic hydroxyl groups excluding tert-OH is 1. The van der Waals surface area contributed by atoms with Gasteiger partial charge in [0.1, 0.15) is 17.1 Å². The Morgan fingerprint density at radius 3 is 2.77 bits per heavy atom. The smallest absolute Gasteiger partial charge is 0.134 e. The van der Waals surface area contributed by atoms with Crippen molar-refractivity contribution in [2.75, 3.05) is 13.2 Å². The maximum Gasteiger partial charge on any atom is 0.134 e. The summed E-state index contributed by atoms with van der Waals surface area (Å²) in [5, 5.41) is 12.5. The number of aromatic nitrogens is 1. The molecule has 13 heavy (non-hydrogen) atoms. The Bertz CT molecular complexity index is 268. The quantitative estimate of drug-likeness (QED) is 0.766. The van der Waals surface area contributed by atoms with Gasteiger partial charge < -0.3 is 14.4 Å². The molecule has 0 fully saturated rings. The molecule has 1 aromatic heterocycles. The Kier molecular flexibility index (Phi) is 3.06. The summed E-state index contributed by atoms with van der Waals surface area (Å²) >= 11 is 0. The zero-order chi connectivity index (χ0) is 9.90. The van der Waals surface area contributed by atoms with Crippen LogP contribution in [0.3, 0.4) is 0 Å². The van der Waals surface area contributed by atoms with Gasteiger partial charge in [-0.25, -0.2) is 0 Å². The molecule has 0 saturated carbocycles. The standard InChI is InChI=1S/C9H15NO3/c1-7-6-8(10-13-7)9(2,3)12-5-4-11/h6,11H,4-5H2,1-3H3. The van der Waals surface area contributed by atoms with Crippen LogP contribution in [-0.2, 0) is 10.3 Å². The van der Waals surface area contributed by atoms with Gasteiger partial charge >= 0.3 is 0 Å². The van der Waals surface area contributed by atoms with E-state index in [4.69, 9.17) is 14.4 Å². The molecule has 0 aromatic carbocycles. The zero-order valence-corrected chi connectivity index (χ0v) is 8.20. The molecule has 0 aliphatic carbocycles. The number of aliphatic hydroxyl groups is 1. The summed E-state index contributed by atoms with van der Waals surface area (Å²) in [5.41, 5.74) is 0.249. The Morgan fingerprint density at radius 2 is 2.31 bits per heavy atom. The van der Waals surface area contributed by atoms with E-state index in [-0.39, 0.29) is 6.61 Å². The van der Waals surface area contributed by atoms with Crippen LogP contribution < -0.4 is 0 Å². The molecule has 1 aromatic rings. The van der Waals surface area contributed by atoms with Crippen LogP contribution in [0.5, 0.6) is 0 Å². The van der Waals surface area contributed by atoms with Gasteiger partial charge in [-0.1, -0.05) is 5.16 Å². The molecule has 0 bridgehead atoms. The summed E-state index contributed by atoms with van der Waals surface area (Å²) in [6.07, 6.45) is 0. The van der Waals surface area contributed by atoms with E-state index in [1.165, 1.54) is 0 Å². The van der Waals surface area contributed by atoms with Crippen molar-refractivity contribution in [3.8, 4) is 0 Å². The third-order valence-corrected chi connectivity index (χ3v) is 1.80. The predicted molar refractivity (Wildman–Crippen MR) is 47.3 cm³/mol. The van der Waals surface area contributed by atoms with Gasteiger partial charge in [-0.05, 0) is 20.8 Å². The number of rotatable bonds is 4. The SMILES string of the molecule is Cc1cc(C(C)(C)OCCO)no1. The highest BCUT2D eigenvalue weighted by Gasteiger charge is 2.24. The van der Waals surface area contributed by atoms with Gasteiger partial charge in [-0.3, -0.25) is 0 Å². The molecule has 4 nitrogen and oxygen atoms in total. The number of ether oxygens (including phenoxy) is 1. The molecule has 0 unspecified atom stereocenters. The van der Waals surface area contributed by atoms with Crippen LogP contribution >= 0.6 is 0 Å². The van der Waals surface area contributed by atoms with Crippen LogP contribution in [0, 0.1) is 6.92 Å². The molecule has 4 heteroatoms. The number of nitrogens with zero attached hydrogens (tertiary/aromatic N) is 1. The molecule has 0 aliphatic heterocycles. The van der Waals surface area contributed by atoms with E-state index < -0.39 is 5.60 Å². The molecule has 0 atom stereocenters. The molecule has 74 valence electrons. The van der Waals surface area contributed by atoms with Crippen molar-refractivity contribution < 1.29 is 14.4 Å². The molecule has 0 aliphatic rings. The second-order valence-electron chi connectivity index (χ2n) is 3.41. The Labute approximate surface area is 77.5 Å². The molecule has 1 N–H and O–H groups in total. The molecular formula is C9H15NO3. The van der Waals surface area contributed by atoms with Crippen molar-refractivity contribution in [1.29, 1.82) is 0 Å². The molecular weight excluding hydrogens is 170 g/mol. The fourth-order valence-electron chi connectivity index (χ4n) is 1.02. The highest BCUT2D eigenvalue weighted by atomic mass is 16.5. The lowest BCUT2D eigenvalue weighted by atomic mass is 10.1. The molecule has 1 heterocycles. The average Bonchev–Trinajstić information content (AvgIpc) is 2.49. The van der Waals surface area contributed by atoms with E-state index in [9.17, 15) is 0 Å². The van der Waals surface area contributed by atoms with Crippen LogP contribution in [-0.4, -0.2) is 23.5 Å². The van der Waals surface area contributed by atoms with E-state index in [2.05, 4.69) is 5.16 Å². The number of aryl methyl sites for hydroxylation is 1. The van der Waals surface area contributed by atoms with Crippen LogP contribution in [0.1, 0.15) is 25.3 Å². The minimum atomic E-state index is -0.500. The first-order chi connectivity index (χ1) is 6.06. The second kappa shape index (κ2) is 3.89. The maximum absolute atomic E-state index is 8.61. The fraction of sp³-hybridized carbons (Fsp3) is 0.667. The van der Waals surface area contributed by atoms with Crippen molar-refractivity contribution in [2.45, 2.75) is 26.4 Å². The molecule has 1 rings (SSSR count). The first kappa shape index (κ1) is 10.2. The van der Waals surface area contributed by atoms with E-state index >= 15 is 0 Å². The van der Waals surface area contributed by atoms with Gasteiger partial charge in [-0.2, -0.15) is 0 Å². The summed E-state index contributed by atoms with van der Waals surface area (Å²) in [4.78, 5) is 0. The second-order valence-corrected chi connectivity index (χ2v) is 3.41. The summed E-state index contributed by atoms with van der Waals surface area (Å²) in [6, 6.07) is 1.83. The van der Waals surface area contributed by atoms with Crippen molar-refractivity contribution >= 4 is 0 Å². The minimum Gasteiger partial charge on any atom is -0.394 e. The van der Waals surface area contributed by atoms with E-state index in [1.54, 1.807) is 0 Å². The average molecular weight is 185 g/mol. The van der Waals surface area contributed by atoms with Gasteiger partial charge in [0.05, 0.1) is 13.2 Å². The zero-order valence-electron chi connectivity index (χ0n) is 8.20. The normalized spacial score (nSPS) is 12.0. The molecule has 0 saturated heterocycles. The topological polar surface area (TPSA) is 55.5 Å². The van der Waals surface area contributed by atoms with Crippen molar-refractivity contribution in [2.24, 2.45) is 0 Å². The maximum atomic E-state index is 8.61. The van der Waals surface area contributed by atoms with Crippen molar-refractivity contribution in [1.82, 2.24) is 5.16 Å². The predicted octanol–water partition coefficient (Wildman–Crippen LogP) is 1.23. The van der Waals surface area contributed by atoms with Crippen LogP contribution in [0.15, 0.2) is 10.6 Å². The lowest BCUT2D eigenvalue weighted by molar-refractivity contribution is -0.0413. The minimum absolute atomic E-state index is 0.0142. The third-order valence-electron chi connectivity index (χ3n) is 1.80. The highest BCUT2D eigenvalue weighted by molar-refractivity contribution is 5.10. The summed E-state index contributed by atoms with van der Waals surface area (Å²) in [5.74, 6) is 0.760. The summed E-state index contributed by atoms with van der Waals surface area (Å²) in [6.45, 7) is 5.93. The third kappa shape index (κ3) is 2.54. The Balaban J connectivity index is 2.68. The Morgan fingerprint density at radius 1 is 1.62 bits per heavy atom. The number of hydrogen-bond acceptors (Lipinski definition) is 4. The highest BCUT2D eigenvalue weighted by Crippen LogP contribution is 2.23. The first-order valence-corrected chi connectivity index (χ1v) is 4.25. The van der Waals surface area contributed by atoms with Gasteiger partial charge in [0, 0.05) is 6.07 Å². The van der Waals surface area contributed by atoms with Gasteiger partial charge in [0.25, 0.3) is 0 Å². The van der Waals surface area contributed by atoms with Crippen LogP contribution in [0.2, 0.25) is 0 Å². The largest absolute Gasteiger partial charge is 0.394 e. The van der Waals surface area contributed by atoms with Gasteiger partial charge in [-0.15, -0.1) is 0 Å². The molecule has 0 radical (unpaired) electrons. The molecule has 0 amide bonds. The lowest BCUT2D eigenvalue weighted by Gasteiger charge is -2.21. The lowest BCUT2D eigenvalue weighted by Crippen LogP contribution is -2.23. The van der Waals surface area contributed by atoms with Crippen molar-refractivity contribution in [3.63, 3.8) is 0 Å². The van der Waals surface area contributed by atoms with Crippen LogP contribution in [0.25, 0.3) is 0 Å². The van der Waals surface area contributed by atoms with Gasteiger partial charge in [0.15, 0.2) is 0 Å². The monoisotopic (exact) mass is 185 g/mol. The van der Waals surface area contributed by atoms with Crippen LogP contribution in [0.4, 0.5) is 0 Å². The Hall–Kier alpha value is -0.870. The molecule has 0 spiro atoms. The van der Waals surface area contributed by atoms with E-state index in [1.807, 2.05) is 26.8 Å². The number of hydrogen-bond donors (Lipinski definition) is 1. The first-order valence-electron chi connectivity index (χ1n) is 4.25. The van der Waals surface area contributed by atoms with E-state index in [0.717, 1.165) is 11.5 Å². The fourth-order valence-corrected chi connectivity index (χ4v) is 1.02. The van der Waals surface area contributed by atoms with E-state index in [0.29, 0.717) is 6.61 Å². The summed E-state index contributed by atoms with van der Waals surface area (Å²) in [7, 11) is 0. The van der Waals surface area contributed by atoms with Crippen molar-refractivity contribution in [3.05, 3.63) is 17.5 Å². The van der Waals surface area contributed by atoms with Gasteiger partial charge in [0.2, 0.25) is 0 Å². The summed E-state index contributed by atoms with van der Waals surface area (Å²) < 4.78 is 10.3.